The van der Waals surface area contributed by atoms with Crippen LogP contribution in [0.25, 0.3) is 0 Å². The predicted molar refractivity (Wildman–Crippen MR) is 88.0 cm³/mol. The molecule has 2 N–H and O–H groups in total. The Morgan fingerprint density at radius 1 is 1.45 bits per heavy atom. The van der Waals surface area contributed by atoms with E-state index in [4.69, 9.17) is 0 Å². The number of nitrogens with zero attached hydrogens (tertiary/aromatic N) is 1. The number of halogens is 2. The fraction of sp³-hybridized carbons (Fsp3) is 0.692. The van der Waals surface area contributed by atoms with Crippen molar-refractivity contribution in [3.05, 3.63) is 16.1 Å². The summed E-state index contributed by atoms with van der Waals surface area (Å²) in [6.07, 6.45) is 4.08. The second-order valence-electron chi connectivity index (χ2n) is 4.89. The van der Waals surface area contributed by atoms with Gasteiger partial charge in [0.15, 0.2) is 0 Å². The van der Waals surface area contributed by atoms with E-state index < -0.39 is 0 Å². The first kappa shape index (κ1) is 19.6. The lowest BCUT2D eigenvalue weighted by Crippen LogP contribution is -2.29. The minimum atomic E-state index is 0. The van der Waals surface area contributed by atoms with Crippen LogP contribution in [0.3, 0.4) is 0 Å². The molecule has 1 fully saturated rings. The molecule has 1 saturated heterocycles. The van der Waals surface area contributed by atoms with E-state index in [-0.39, 0.29) is 30.7 Å². The van der Waals surface area contributed by atoms with Gasteiger partial charge in [0, 0.05) is 17.5 Å². The van der Waals surface area contributed by atoms with E-state index in [1.807, 2.05) is 12.3 Å². The first-order valence-electron chi connectivity index (χ1n) is 6.62. The van der Waals surface area contributed by atoms with Crippen LogP contribution in [0.15, 0.2) is 5.38 Å². The summed E-state index contributed by atoms with van der Waals surface area (Å²) < 4.78 is 0. The monoisotopic (exact) mass is 339 g/mol. The van der Waals surface area contributed by atoms with E-state index in [0.717, 1.165) is 36.1 Å². The minimum absolute atomic E-state index is 0. The van der Waals surface area contributed by atoms with Gasteiger partial charge in [0.25, 0.3) is 0 Å². The maximum absolute atomic E-state index is 11.7. The van der Waals surface area contributed by atoms with E-state index in [1.165, 1.54) is 12.8 Å². The Balaban J connectivity index is 0.00000180. The zero-order chi connectivity index (χ0) is 12.8. The largest absolute Gasteiger partial charge is 0.350 e. The van der Waals surface area contributed by atoms with Crippen LogP contribution in [-0.2, 0) is 11.3 Å². The third-order valence-electron chi connectivity index (χ3n) is 3.34. The Kier molecular flexibility index (Phi) is 10.2. The summed E-state index contributed by atoms with van der Waals surface area (Å²) in [7, 11) is 0. The van der Waals surface area contributed by atoms with Gasteiger partial charge in [0.05, 0.1) is 6.54 Å². The second kappa shape index (κ2) is 10.4. The maximum Gasteiger partial charge on any atom is 0.220 e. The van der Waals surface area contributed by atoms with Crippen LogP contribution >= 0.6 is 36.2 Å². The van der Waals surface area contributed by atoms with E-state index in [1.54, 1.807) is 11.3 Å². The van der Waals surface area contributed by atoms with E-state index in [2.05, 4.69) is 15.6 Å². The molecule has 1 aromatic rings. The van der Waals surface area contributed by atoms with Gasteiger partial charge in [-0.3, -0.25) is 4.79 Å². The van der Waals surface area contributed by atoms with Crippen molar-refractivity contribution in [2.75, 3.05) is 13.1 Å². The Morgan fingerprint density at radius 3 is 2.75 bits per heavy atom. The predicted octanol–water partition coefficient (Wildman–Crippen LogP) is 2.69. The van der Waals surface area contributed by atoms with Gasteiger partial charge in [-0.05, 0) is 45.2 Å². The van der Waals surface area contributed by atoms with E-state index in [0.29, 0.717) is 13.0 Å². The quantitative estimate of drug-likeness (QED) is 0.867. The van der Waals surface area contributed by atoms with Crippen molar-refractivity contribution < 1.29 is 4.79 Å². The van der Waals surface area contributed by atoms with Crippen molar-refractivity contribution in [2.45, 2.75) is 39.2 Å². The number of aromatic nitrogens is 1. The minimum Gasteiger partial charge on any atom is -0.350 e. The van der Waals surface area contributed by atoms with Crippen LogP contribution in [-0.4, -0.2) is 24.0 Å². The first-order valence-corrected chi connectivity index (χ1v) is 7.50. The Bertz CT molecular complexity index is 395. The van der Waals surface area contributed by atoms with Gasteiger partial charge in [-0.25, -0.2) is 4.98 Å². The normalized spacial score (nSPS) is 15.1. The molecular weight excluding hydrogens is 317 g/mol. The van der Waals surface area contributed by atoms with Crippen molar-refractivity contribution in [1.29, 1.82) is 0 Å². The number of hydrogen-bond acceptors (Lipinski definition) is 4. The molecule has 20 heavy (non-hydrogen) atoms. The number of rotatable bonds is 5. The number of carbonyl (C=O) groups excluding carboxylic acids is 1. The van der Waals surface area contributed by atoms with Gasteiger partial charge < -0.3 is 10.6 Å². The molecule has 2 heterocycles. The molecule has 0 aliphatic carbocycles. The Morgan fingerprint density at radius 2 is 2.15 bits per heavy atom. The summed E-state index contributed by atoms with van der Waals surface area (Å²) >= 11 is 1.60. The number of carbonyl (C=O) groups is 1. The standard InChI is InChI=1S/C13H21N3OS.2ClH/c1-10-9-18-13(16-10)8-15-12(17)3-2-11-4-6-14-7-5-11;;/h9,11,14H,2-8H2,1H3,(H,15,17);2*1H. The smallest absolute Gasteiger partial charge is 0.220 e. The number of nitrogens with one attached hydrogen (secondary N) is 2. The van der Waals surface area contributed by atoms with Crippen LogP contribution < -0.4 is 10.6 Å². The molecule has 4 nitrogen and oxygen atoms in total. The molecule has 116 valence electrons. The highest BCUT2D eigenvalue weighted by Gasteiger charge is 2.14. The zero-order valence-electron chi connectivity index (χ0n) is 11.7. The molecule has 0 bridgehead atoms. The van der Waals surface area contributed by atoms with Gasteiger partial charge in [0.2, 0.25) is 5.91 Å². The lowest BCUT2D eigenvalue weighted by atomic mass is 9.93. The topological polar surface area (TPSA) is 54.0 Å². The summed E-state index contributed by atoms with van der Waals surface area (Å²) in [4.78, 5) is 16.0. The van der Waals surface area contributed by atoms with Crippen molar-refractivity contribution in [1.82, 2.24) is 15.6 Å². The molecule has 0 unspecified atom stereocenters. The molecule has 7 heteroatoms. The molecule has 1 aromatic heterocycles. The summed E-state index contributed by atoms with van der Waals surface area (Å²) in [5.74, 6) is 0.875. The highest BCUT2D eigenvalue weighted by Crippen LogP contribution is 2.17. The highest BCUT2D eigenvalue weighted by molar-refractivity contribution is 7.09. The van der Waals surface area contributed by atoms with Crippen LogP contribution in [0.5, 0.6) is 0 Å². The molecule has 1 aliphatic heterocycles. The van der Waals surface area contributed by atoms with E-state index in [9.17, 15) is 4.79 Å². The molecule has 1 aliphatic rings. The lowest BCUT2D eigenvalue weighted by Gasteiger charge is -2.22. The van der Waals surface area contributed by atoms with Gasteiger partial charge in [-0.15, -0.1) is 36.2 Å². The lowest BCUT2D eigenvalue weighted by molar-refractivity contribution is -0.121. The number of amides is 1. The van der Waals surface area contributed by atoms with Gasteiger partial charge in [-0.2, -0.15) is 0 Å². The number of aryl methyl sites for hydroxylation is 1. The van der Waals surface area contributed by atoms with Gasteiger partial charge >= 0.3 is 0 Å². The Hall–Kier alpha value is -0.360. The molecule has 0 spiro atoms. The molecule has 1 amide bonds. The number of hydrogen-bond donors (Lipinski definition) is 2. The second-order valence-corrected chi connectivity index (χ2v) is 5.83. The third-order valence-corrected chi connectivity index (χ3v) is 4.31. The van der Waals surface area contributed by atoms with Crippen molar-refractivity contribution >= 4 is 42.1 Å². The van der Waals surface area contributed by atoms with Crippen LogP contribution in [0.4, 0.5) is 0 Å². The zero-order valence-corrected chi connectivity index (χ0v) is 14.1. The molecule has 0 atom stereocenters. The summed E-state index contributed by atoms with van der Waals surface area (Å²) in [6, 6.07) is 0. The fourth-order valence-corrected chi connectivity index (χ4v) is 2.96. The van der Waals surface area contributed by atoms with Crippen LogP contribution in [0.2, 0.25) is 0 Å². The Labute approximate surface area is 137 Å². The van der Waals surface area contributed by atoms with Crippen molar-refractivity contribution in [2.24, 2.45) is 5.92 Å². The third kappa shape index (κ3) is 6.88. The first-order chi connectivity index (χ1) is 8.74. The van der Waals surface area contributed by atoms with Crippen molar-refractivity contribution in [3.63, 3.8) is 0 Å². The molecule has 0 radical (unpaired) electrons. The molecule has 2 rings (SSSR count). The van der Waals surface area contributed by atoms with Gasteiger partial charge in [0.1, 0.15) is 5.01 Å². The molecule has 0 saturated carbocycles. The molecular formula is C13H23Cl2N3OS. The van der Waals surface area contributed by atoms with Crippen LogP contribution in [0, 0.1) is 12.8 Å². The summed E-state index contributed by atoms with van der Waals surface area (Å²) in [5, 5.41) is 9.29. The van der Waals surface area contributed by atoms with E-state index >= 15 is 0 Å². The fourth-order valence-electron chi connectivity index (χ4n) is 2.25. The summed E-state index contributed by atoms with van der Waals surface area (Å²) in [6.45, 7) is 4.75. The SMILES string of the molecule is Cc1csc(CNC(=O)CCC2CCNCC2)n1.Cl.Cl. The highest BCUT2D eigenvalue weighted by atomic mass is 35.5. The average Bonchev–Trinajstić information content (AvgIpc) is 2.81. The number of piperidine rings is 1. The molecule has 0 aromatic carbocycles. The number of thiazole rings is 1. The van der Waals surface area contributed by atoms with Crippen LogP contribution in [0.1, 0.15) is 36.4 Å². The van der Waals surface area contributed by atoms with Gasteiger partial charge in [-0.1, -0.05) is 0 Å². The maximum atomic E-state index is 11.7. The average molecular weight is 340 g/mol. The van der Waals surface area contributed by atoms with Crippen molar-refractivity contribution in [3.8, 4) is 0 Å². The summed E-state index contributed by atoms with van der Waals surface area (Å²) in [5.41, 5.74) is 1.03.